The number of amides is 1. The van der Waals surface area contributed by atoms with E-state index in [0.29, 0.717) is 19.4 Å². The maximum Gasteiger partial charge on any atom is 0.224 e. The molecule has 5 heteroatoms. The summed E-state index contributed by atoms with van der Waals surface area (Å²) in [7, 11) is 4.13. The lowest BCUT2D eigenvalue weighted by atomic mass is 10.1. The maximum absolute atomic E-state index is 12.0. The highest BCUT2D eigenvalue weighted by Gasteiger charge is 2.04. The largest absolute Gasteiger partial charge is 0.492 e. The lowest BCUT2D eigenvalue weighted by Gasteiger charge is -2.10. The van der Waals surface area contributed by atoms with E-state index in [0.717, 1.165) is 28.9 Å². The van der Waals surface area contributed by atoms with Gasteiger partial charge in [0.15, 0.2) is 0 Å². The number of rotatable bonds is 9. The van der Waals surface area contributed by atoms with E-state index in [1.54, 1.807) is 0 Å². The Morgan fingerprint density at radius 3 is 2.52 bits per heavy atom. The number of benzene rings is 2. The molecular weight excluding hydrogens is 380 g/mol. The van der Waals surface area contributed by atoms with Gasteiger partial charge in [0, 0.05) is 18.7 Å². The molecular formula is C20H25BrN2O2. The summed E-state index contributed by atoms with van der Waals surface area (Å²) in [4.78, 5) is 14.2. The van der Waals surface area contributed by atoms with Crippen LogP contribution in [0.25, 0.3) is 0 Å². The fourth-order valence-corrected chi connectivity index (χ4v) is 2.71. The molecule has 0 radical (unpaired) electrons. The van der Waals surface area contributed by atoms with E-state index in [1.807, 2.05) is 36.4 Å². The van der Waals surface area contributed by atoms with Gasteiger partial charge in [0.1, 0.15) is 5.75 Å². The van der Waals surface area contributed by atoms with Gasteiger partial charge in [0.25, 0.3) is 0 Å². The fourth-order valence-electron chi connectivity index (χ4n) is 2.31. The van der Waals surface area contributed by atoms with Crippen molar-refractivity contribution in [2.24, 2.45) is 0 Å². The van der Waals surface area contributed by atoms with Gasteiger partial charge < -0.3 is 15.0 Å². The van der Waals surface area contributed by atoms with Crippen LogP contribution >= 0.6 is 15.9 Å². The molecule has 0 aliphatic rings. The molecule has 1 amide bonds. The van der Waals surface area contributed by atoms with Crippen LogP contribution in [0.4, 0.5) is 5.69 Å². The van der Waals surface area contributed by atoms with Crippen molar-refractivity contribution in [3.8, 4) is 5.75 Å². The second kappa shape index (κ2) is 10.2. The van der Waals surface area contributed by atoms with E-state index in [2.05, 4.69) is 52.4 Å². The third-order valence-electron chi connectivity index (χ3n) is 3.73. The average molecular weight is 405 g/mol. The molecule has 0 saturated carbocycles. The molecule has 1 N–H and O–H groups in total. The number of carbonyl (C=O) groups is 1. The minimum atomic E-state index is 0.0109. The third-order valence-corrected chi connectivity index (χ3v) is 4.38. The summed E-state index contributed by atoms with van der Waals surface area (Å²) in [5, 5.41) is 2.93. The minimum Gasteiger partial charge on any atom is -0.492 e. The standard InChI is InChI=1S/C20H25BrN2O2/c1-23(2)14-13-16-9-11-17(12-10-16)22-20(24)8-5-15-25-19-7-4-3-6-18(19)21/h3-4,6-7,9-12H,5,8,13-15H2,1-2H3,(H,22,24). The molecule has 0 unspecified atom stereocenters. The van der Waals surface area contributed by atoms with Gasteiger partial charge in [-0.05, 0) is 72.7 Å². The van der Waals surface area contributed by atoms with E-state index < -0.39 is 0 Å². The molecule has 2 rings (SSSR count). The Balaban J connectivity index is 1.68. The van der Waals surface area contributed by atoms with E-state index in [9.17, 15) is 4.79 Å². The summed E-state index contributed by atoms with van der Waals surface area (Å²) in [6.07, 6.45) is 2.12. The van der Waals surface area contributed by atoms with E-state index in [4.69, 9.17) is 4.74 Å². The summed E-state index contributed by atoms with van der Waals surface area (Å²) in [6, 6.07) is 15.8. The zero-order valence-electron chi connectivity index (χ0n) is 14.8. The quantitative estimate of drug-likeness (QED) is 0.631. The number of para-hydroxylation sites is 1. The number of nitrogens with zero attached hydrogens (tertiary/aromatic N) is 1. The average Bonchev–Trinajstić information content (AvgIpc) is 2.59. The molecule has 0 saturated heterocycles. The van der Waals surface area contributed by atoms with Crippen molar-refractivity contribution in [2.45, 2.75) is 19.3 Å². The molecule has 0 aliphatic heterocycles. The van der Waals surface area contributed by atoms with Crippen LogP contribution in [0.2, 0.25) is 0 Å². The van der Waals surface area contributed by atoms with Gasteiger partial charge in [0.2, 0.25) is 5.91 Å². The first-order valence-electron chi connectivity index (χ1n) is 8.45. The van der Waals surface area contributed by atoms with Crippen molar-refractivity contribution in [1.29, 1.82) is 0 Å². The molecule has 0 heterocycles. The highest BCUT2D eigenvalue weighted by molar-refractivity contribution is 9.10. The summed E-state index contributed by atoms with van der Waals surface area (Å²) in [6.45, 7) is 1.53. The third kappa shape index (κ3) is 7.28. The van der Waals surface area contributed by atoms with E-state index >= 15 is 0 Å². The molecule has 0 fully saturated rings. The Labute approximate surface area is 158 Å². The summed E-state index contributed by atoms with van der Waals surface area (Å²) in [5.41, 5.74) is 2.11. The van der Waals surface area contributed by atoms with Crippen LogP contribution in [0.1, 0.15) is 18.4 Å². The molecule has 0 bridgehead atoms. The van der Waals surface area contributed by atoms with Crippen LogP contribution in [0.3, 0.4) is 0 Å². The molecule has 2 aromatic carbocycles. The topological polar surface area (TPSA) is 41.6 Å². The van der Waals surface area contributed by atoms with Crippen LogP contribution in [-0.2, 0) is 11.2 Å². The number of anilines is 1. The van der Waals surface area contributed by atoms with Gasteiger partial charge in [-0.15, -0.1) is 0 Å². The number of likely N-dealkylation sites (N-methyl/N-ethyl adjacent to an activating group) is 1. The predicted octanol–water partition coefficient (Wildman–Crippen LogP) is 4.35. The lowest BCUT2D eigenvalue weighted by molar-refractivity contribution is -0.116. The number of nitrogens with one attached hydrogen (secondary N) is 1. The van der Waals surface area contributed by atoms with Gasteiger partial charge in [0.05, 0.1) is 11.1 Å². The van der Waals surface area contributed by atoms with E-state index in [-0.39, 0.29) is 5.91 Å². The lowest BCUT2D eigenvalue weighted by Crippen LogP contribution is -2.15. The zero-order chi connectivity index (χ0) is 18.1. The van der Waals surface area contributed by atoms with Crippen molar-refractivity contribution in [2.75, 3.05) is 32.6 Å². The Morgan fingerprint density at radius 2 is 1.84 bits per heavy atom. The fraction of sp³-hybridized carbons (Fsp3) is 0.350. The zero-order valence-corrected chi connectivity index (χ0v) is 16.4. The van der Waals surface area contributed by atoms with Gasteiger partial charge in [-0.1, -0.05) is 24.3 Å². The van der Waals surface area contributed by atoms with Crippen molar-refractivity contribution in [3.05, 3.63) is 58.6 Å². The van der Waals surface area contributed by atoms with Crippen LogP contribution in [0.15, 0.2) is 53.0 Å². The van der Waals surface area contributed by atoms with Crippen molar-refractivity contribution in [1.82, 2.24) is 4.90 Å². The number of hydrogen-bond acceptors (Lipinski definition) is 3. The summed E-state index contributed by atoms with van der Waals surface area (Å²) >= 11 is 3.44. The Morgan fingerprint density at radius 1 is 1.12 bits per heavy atom. The molecule has 134 valence electrons. The molecule has 0 spiro atoms. The van der Waals surface area contributed by atoms with E-state index in [1.165, 1.54) is 5.56 Å². The number of ether oxygens (including phenoxy) is 1. The first-order chi connectivity index (χ1) is 12.0. The first kappa shape index (κ1) is 19.5. The van der Waals surface area contributed by atoms with Gasteiger partial charge >= 0.3 is 0 Å². The van der Waals surface area contributed by atoms with Gasteiger partial charge in [-0.3, -0.25) is 4.79 Å². The van der Waals surface area contributed by atoms with Crippen molar-refractivity contribution < 1.29 is 9.53 Å². The molecule has 4 nitrogen and oxygen atoms in total. The Bertz CT molecular complexity index is 672. The number of hydrogen-bond donors (Lipinski definition) is 1. The second-order valence-corrected chi connectivity index (χ2v) is 7.04. The Hall–Kier alpha value is -1.85. The number of carbonyl (C=O) groups excluding carboxylic acids is 1. The highest BCUT2D eigenvalue weighted by Crippen LogP contribution is 2.23. The first-order valence-corrected chi connectivity index (χ1v) is 9.25. The van der Waals surface area contributed by atoms with Crippen LogP contribution in [-0.4, -0.2) is 38.1 Å². The van der Waals surface area contributed by atoms with Gasteiger partial charge in [-0.2, -0.15) is 0 Å². The van der Waals surface area contributed by atoms with Crippen LogP contribution in [0, 0.1) is 0 Å². The predicted molar refractivity (Wildman–Crippen MR) is 106 cm³/mol. The smallest absolute Gasteiger partial charge is 0.224 e. The van der Waals surface area contributed by atoms with Crippen LogP contribution in [0.5, 0.6) is 5.75 Å². The minimum absolute atomic E-state index is 0.0109. The molecule has 0 aromatic heterocycles. The molecule has 0 aliphatic carbocycles. The van der Waals surface area contributed by atoms with Crippen LogP contribution < -0.4 is 10.1 Å². The Kier molecular flexibility index (Phi) is 7.95. The molecule has 0 atom stereocenters. The normalized spacial score (nSPS) is 10.7. The highest BCUT2D eigenvalue weighted by atomic mass is 79.9. The molecule has 2 aromatic rings. The maximum atomic E-state index is 12.0. The summed E-state index contributed by atoms with van der Waals surface area (Å²) in [5.74, 6) is 0.813. The van der Waals surface area contributed by atoms with Crippen molar-refractivity contribution in [3.63, 3.8) is 0 Å². The monoisotopic (exact) mass is 404 g/mol. The summed E-state index contributed by atoms with van der Waals surface area (Å²) < 4.78 is 6.59. The van der Waals surface area contributed by atoms with Crippen molar-refractivity contribution >= 4 is 27.5 Å². The molecule has 25 heavy (non-hydrogen) atoms. The number of halogens is 1. The SMILES string of the molecule is CN(C)CCc1ccc(NC(=O)CCCOc2ccccc2Br)cc1. The second-order valence-electron chi connectivity index (χ2n) is 6.18. The van der Waals surface area contributed by atoms with Gasteiger partial charge in [-0.25, -0.2) is 0 Å².